The number of carbonyl (C=O) groups is 1. The molecule has 176 valence electrons. The van der Waals surface area contributed by atoms with Gasteiger partial charge in [-0.2, -0.15) is 18.2 Å². The smallest absolute Gasteiger partial charge is 0.360 e. The lowest BCUT2D eigenvalue weighted by Crippen LogP contribution is -2.49. The molecule has 33 heavy (non-hydrogen) atoms. The van der Waals surface area contributed by atoms with Crippen molar-refractivity contribution in [3.63, 3.8) is 0 Å². The number of anilines is 1. The van der Waals surface area contributed by atoms with Crippen molar-refractivity contribution in [2.75, 3.05) is 38.0 Å². The molecule has 1 N–H and O–H groups in total. The highest BCUT2D eigenvalue weighted by molar-refractivity contribution is 5.91. The van der Waals surface area contributed by atoms with Crippen LogP contribution in [0.25, 0.3) is 11.4 Å². The molecule has 2 aromatic heterocycles. The van der Waals surface area contributed by atoms with E-state index >= 15 is 0 Å². The van der Waals surface area contributed by atoms with Gasteiger partial charge in [0.15, 0.2) is 5.82 Å². The maximum atomic E-state index is 13.0. The fraction of sp³-hybridized carbons (Fsp3) is 0.429. The molecule has 3 aromatic rings. The van der Waals surface area contributed by atoms with Gasteiger partial charge in [-0.1, -0.05) is 22.4 Å². The highest BCUT2D eigenvalue weighted by Gasteiger charge is 2.31. The van der Waals surface area contributed by atoms with Gasteiger partial charge < -0.3 is 14.4 Å². The van der Waals surface area contributed by atoms with Crippen molar-refractivity contribution >= 4 is 11.7 Å². The molecule has 12 heteroatoms. The Kier molecular flexibility index (Phi) is 6.47. The monoisotopic (exact) mass is 464 g/mol. The van der Waals surface area contributed by atoms with Crippen LogP contribution < -0.4 is 5.32 Å². The van der Waals surface area contributed by atoms with Gasteiger partial charge in [0.25, 0.3) is 0 Å². The maximum Gasteiger partial charge on any atom is 0.416 e. The largest absolute Gasteiger partial charge is 0.416 e. The molecule has 1 unspecified atom stereocenters. The Morgan fingerprint density at radius 2 is 1.91 bits per heavy atom. The topological polar surface area (TPSA) is 101 Å². The molecule has 1 fully saturated rings. The number of hydrogen-bond acceptors (Lipinski definition) is 8. The van der Waals surface area contributed by atoms with E-state index in [4.69, 9.17) is 9.05 Å². The van der Waals surface area contributed by atoms with Gasteiger partial charge >= 0.3 is 6.18 Å². The lowest BCUT2D eigenvalue weighted by Gasteiger charge is -2.36. The van der Waals surface area contributed by atoms with Crippen LogP contribution in [0.2, 0.25) is 0 Å². The molecule has 4 rings (SSSR count). The zero-order chi connectivity index (χ0) is 23.6. The molecule has 1 atom stereocenters. The van der Waals surface area contributed by atoms with Gasteiger partial charge in [0, 0.05) is 37.8 Å². The van der Waals surface area contributed by atoms with E-state index in [9.17, 15) is 18.0 Å². The first-order chi connectivity index (χ1) is 15.7. The van der Waals surface area contributed by atoms with Crippen molar-refractivity contribution < 1.29 is 27.0 Å². The lowest BCUT2D eigenvalue weighted by atomic mass is 10.1. The predicted molar refractivity (Wildman–Crippen MR) is 111 cm³/mol. The quantitative estimate of drug-likeness (QED) is 0.593. The number of halogens is 3. The molecule has 1 saturated heterocycles. The first-order valence-electron chi connectivity index (χ1n) is 10.4. The third-order valence-electron chi connectivity index (χ3n) is 5.46. The van der Waals surface area contributed by atoms with Crippen molar-refractivity contribution in [2.24, 2.45) is 0 Å². The number of amides is 1. The Balaban J connectivity index is 1.32. The van der Waals surface area contributed by atoms with Crippen LogP contribution >= 0.6 is 0 Å². The van der Waals surface area contributed by atoms with E-state index in [1.54, 1.807) is 13.0 Å². The molecule has 1 aliphatic heterocycles. The number of aromatic nitrogens is 3. The molecule has 0 aliphatic carbocycles. The summed E-state index contributed by atoms with van der Waals surface area (Å²) in [5, 5.41) is 10.3. The van der Waals surface area contributed by atoms with E-state index in [1.165, 1.54) is 12.1 Å². The molecular formula is C21H23F3N6O3. The molecule has 0 bridgehead atoms. The van der Waals surface area contributed by atoms with Crippen molar-refractivity contribution in [3.8, 4) is 11.4 Å². The summed E-state index contributed by atoms with van der Waals surface area (Å²) in [6.07, 6.45) is -4.44. The van der Waals surface area contributed by atoms with Gasteiger partial charge in [-0.15, -0.1) is 0 Å². The summed E-state index contributed by atoms with van der Waals surface area (Å²) in [7, 11) is 0. The molecular weight excluding hydrogens is 441 g/mol. The van der Waals surface area contributed by atoms with E-state index in [1.807, 2.05) is 11.8 Å². The molecule has 0 spiro atoms. The van der Waals surface area contributed by atoms with Crippen LogP contribution in [-0.4, -0.2) is 63.7 Å². The minimum absolute atomic E-state index is 0.112. The van der Waals surface area contributed by atoms with Crippen LogP contribution in [0.5, 0.6) is 0 Å². The molecule has 3 heterocycles. The van der Waals surface area contributed by atoms with E-state index in [2.05, 4.69) is 25.5 Å². The summed E-state index contributed by atoms with van der Waals surface area (Å²) < 4.78 is 49.2. The third kappa shape index (κ3) is 5.57. The molecule has 1 aliphatic rings. The lowest BCUT2D eigenvalue weighted by molar-refractivity contribution is -0.137. The van der Waals surface area contributed by atoms with E-state index in [0.717, 1.165) is 12.1 Å². The molecule has 9 nitrogen and oxygen atoms in total. The normalized spacial score (nSPS) is 16.6. The highest BCUT2D eigenvalue weighted by Crippen LogP contribution is 2.32. The van der Waals surface area contributed by atoms with Crippen molar-refractivity contribution in [1.82, 2.24) is 25.1 Å². The Morgan fingerprint density at radius 3 is 2.58 bits per heavy atom. The number of carbonyl (C=O) groups excluding carboxylic acids is 1. The molecule has 0 saturated carbocycles. The van der Waals surface area contributed by atoms with Crippen molar-refractivity contribution in [3.05, 3.63) is 47.5 Å². The van der Waals surface area contributed by atoms with Gasteiger partial charge in [-0.05, 0) is 26.0 Å². The third-order valence-corrected chi connectivity index (χ3v) is 5.46. The van der Waals surface area contributed by atoms with E-state index in [0.29, 0.717) is 43.6 Å². The number of piperazine rings is 1. The summed E-state index contributed by atoms with van der Waals surface area (Å²) in [4.78, 5) is 20.7. The van der Waals surface area contributed by atoms with Crippen molar-refractivity contribution in [2.45, 2.75) is 26.1 Å². The number of benzene rings is 1. The predicted octanol–water partition coefficient (Wildman–Crippen LogP) is 3.37. The summed E-state index contributed by atoms with van der Waals surface area (Å²) in [6, 6.07) is 6.26. The number of rotatable bonds is 6. The number of nitrogens with one attached hydrogen (secondary N) is 1. The second-order valence-corrected chi connectivity index (χ2v) is 7.89. The van der Waals surface area contributed by atoms with Crippen molar-refractivity contribution in [1.29, 1.82) is 0 Å². The van der Waals surface area contributed by atoms with Crippen LogP contribution in [0.3, 0.4) is 0 Å². The zero-order valence-corrected chi connectivity index (χ0v) is 18.1. The van der Waals surface area contributed by atoms with Gasteiger partial charge in [0.1, 0.15) is 5.76 Å². The van der Waals surface area contributed by atoms with Crippen LogP contribution in [-0.2, 0) is 11.0 Å². The number of hydrogen-bond donors (Lipinski definition) is 1. The fourth-order valence-electron chi connectivity index (χ4n) is 3.63. The van der Waals surface area contributed by atoms with Crippen LogP contribution in [0.1, 0.15) is 30.2 Å². The standard InChI is InChI=1S/C21H23F3N6O3/c1-13-10-17(27-32-13)25-18(31)12-29-6-8-30(9-7-29)14(2)20-26-19(28-33-20)15-4-3-5-16(11-15)21(22,23)24/h3-5,10-11,14H,6-9,12H2,1-2H3,(H,25,27,31). The van der Waals surface area contributed by atoms with Crippen LogP contribution in [0, 0.1) is 6.92 Å². The number of nitrogens with zero attached hydrogens (tertiary/aromatic N) is 5. The second-order valence-electron chi connectivity index (χ2n) is 7.89. The first kappa shape index (κ1) is 22.9. The van der Waals surface area contributed by atoms with Crippen LogP contribution in [0.4, 0.5) is 19.0 Å². The second kappa shape index (κ2) is 9.32. The Hall–Kier alpha value is -3.25. The summed E-state index contributed by atoms with van der Waals surface area (Å²) >= 11 is 0. The van der Waals surface area contributed by atoms with E-state index in [-0.39, 0.29) is 29.9 Å². The fourth-order valence-corrected chi connectivity index (χ4v) is 3.63. The minimum atomic E-state index is -4.44. The van der Waals surface area contributed by atoms with Crippen LogP contribution in [0.15, 0.2) is 39.4 Å². The Labute approximate surface area is 187 Å². The minimum Gasteiger partial charge on any atom is -0.360 e. The molecule has 1 aromatic carbocycles. The molecule has 1 amide bonds. The number of aryl methyl sites for hydroxylation is 1. The summed E-state index contributed by atoms with van der Waals surface area (Å²) in [6.45, 7) is 6.52. The Morgan fingerprint density at radius 1 is 1.15 bits per heavy atom. The molecule has 0 radical (unpaired) electrons. The number of alkyl halides is 3. The first-order valence-corrected chi connectivity index (χ1v) is 10.4. The average Bonchev–Trinajstić information content (AvgIpc) is 3.42. The summed E-state index contributed by atoms with van der Waals surface area (Å²) in [5.74, 6) is 1.27. The summed E-state index contributed by atoms with van der Waals surface area (Å²) in [5.41, 5.74) is -0.525. The van der Waals surface area contributed by atoms with Gasteiger partial charge in [-0.3, -0.25) is 14.6 Å². The van der Waals surface area contributed by atoms with Gasteiger partial charge in [0.2, 0.25) is 17.6 Å². The maximum absolute atomic E-state index is 13.0. The SMILES string of the molecule is Cc1cc(NC(=O)CN2CCN(C(C)c3nc(-c4cccc(C(F)(F)F)c4)no3)CC2)no1. The Bertz CT molecular complexity index is 1100. The highest BCUT2D eigenvalue weighted by atomic mass is 19.4. The van der Waals surface area contributed by atoms with Gasteiger partial charge in [0.05, 0.1) is 18.2 Å². The van der Waals surface area contributed by atoms with Gasteiger partial charge in [-0.25, -0.2) is 0 Å². The zero-order valence-electron chi connectivity index (χ0n) is 18.1. The van der Waals surface area contributed by atoms with E-state index < -0.39 is 11.7 Å². The average molecular weight is 464 g/mol.